The highest BCUT2D eigenvalue weighted by Gasteiger charge is 2.27. The Bertz CT molecular complexity index is 689. The Hall–Kier alpha value is -2.04. The van der Waals surface area contributed by atoms with Gasteiger partial charge in [0.15, 0.2) is 6.04 Å². The average Bonchev–Trinajstić information content (AvgIpc) is 2.60. The van der Waals surface area contributed by atoms with Crippen molar-refractivity contribution in [3.63, 3.8) is 0 Å². The van der Waals surface area contributed by atoms with Crippen LogP contribution in [0.15, 0.2) is 54.6 Å². The fourth-order valence-electron chi connectivity index (χ4n) is 2.15. The number of ether oxygens (including phenoxy) is 1. The molecule has 0 saturated heterocycles. The number of esters is 1. The third-order valence-electron chi connectivity index (χ3n) is 3.33. The van der Waals surface area contributed by atoms with Crippen LogP contribution in [0, 0.1) is 0 Å². The molecule has 0 aromatic heterocycles. The van der Waals surface area contributed by atoms with Crippen LogP contribution >= 0.6 is 23.2 Å². The third kappa shape index (κ3) is 4.73. The summed E-state index contributed by atoms with van der Waals surface area (Å²) in [6.07, 6.45) is 0. The smallest absolute Gasteiger partial charge is 0.333 e. The summed E-state index contributed by atoms with van der Waals surface area (Å²) in [6, 6.07) is 14.6. The minimum atomic E-state index is -0.942. The topological polar surface area (TPSA) is 55.4 Å². The Morgan fingerprint density at radius 1 is 1.04 bits per heavy atom. The highest BCUT2D eigenvalue weighted by Crippen LogP contribution is 2.24. The van der Waals surface area contributed by atoms with Crippen molar-refractivity contribution in [2.45, 2.75) is 18.3 Å². The van der Waals surface area contributed by atoms with Crippen molar-refractivity contribution in [1.29, 1.82) is 0 Å². The molecule has 1 amide bonds. The van der Waals surface area contributed by atoms with E-state index >= 15 is 0 Å². The molecule has 0 aliphatic carbocycles. The van der Waals surface area contributed by atoms with Gasteiger partial charge in [-0.15, -0.1) is 11.6 Å². The van der Waals surface area contributed by atoms with E-state index in [2.05, 4.69) is 5.32 Å². The first-order chi connectivity index (χ1) is 11.5. The monoisotopic (exact) mass is 365 g/mol. The summed E-state index contributed by atoms with van der Waals surface area (Å²) >= 11 is 12.0. The predicted octanol–water partition coefficient (Wildman–Crippen LogP) is 4.04. The van der Waals surface area contributed by atoms with Crippen LogP contribution in [-0.2, 0) is 14.3 Å². The molecule has 0 aliphatic rings. The molecule has 0 spiro atoms. The lowest BCUT2D eigenvalue weighted by Gasteiger charge is -2.19. The van der Waals surface area contributed by atoms with Crippen LogP contribution in [0.5, 0.6) is 0 Å². The van der Waals surface area contributed by atoms with Crippen LogP contribution in [0.25, 0.3) is 0 Å². The first-order valence-electron chi connectivity index (χ1n) is 7.44. The molecule has 126 valence electrons. The van der Waals surface area contributed by atoms with E-state index in [1.807, 2.05) is 6.07 Å². The van der Waals surface area contributed by atoms with Gasteiger partial charge in [-0.2, -0.15) is 0 Å². The average molecular weight is 366 g/mol. The normalized spacial score (nSPS) is 13.0. The lowest BCUT2D eigenvalue weighted by Crippen LogP contribution is -2.36. The second-order valence-corrected chi connectivity index (χ2v) is 5.89. The number of carbonyl (C=O) groups is 2. The fourth-order valence-corrected chi connectivity index (χ4v) is 2.48. The summed E-state index contributed by atoms with van der Waals surface area (Å²) in [5.74, 6) is -1.02. The first kappa shape index (κ1) is 18.3. The maximum absolute atomic E-state index is 12.4. The van der Waals surface area contributed by atoms with Gasteiger partial charge in [0.2, 0.25) is 5.91 Å². The molecule has 4 nitrogen and oxygen atoms in total. The van der Waals surface area contributed by atoms with Gasteiger partial charge >= 0.3 is 5.97 Å². The predicted molar refractivity (Wildman–Crippen MR) is 94.0 cm³/mol. The van der Waals surface area contributed by atoms with Gasteiger partial charge in [-0.05, 0) is 30.2 Å². The van der Waals surface area contributed by atoms with Gasteiger partial charge < -0.3 is 10.1 Å². The van der Waals surface area contributed by atoms with Crippen LogP contribution < -0.4 is 5.32 Å². The maximum atomic E-state index is 12.4. The van der Waals surface area contributed by atoms with Crippen LogP contribution in [0.4, 0.5) is 0 Å². The second-order valence-electron chi connectivity index (χ2n) is 5.02. The van der Waals surface area contributed by atoms with E-state index in [-0.39, 0.29) is 6.61 Å². The van der Waals surface area contributed by atoms with Gasteiger partial charge in [0.1, 0.15) is 5.38 Å². The van der Waals surface area contributed by atoms with Crippen LogP contribution in [0.1, 0.15) is 29.5 Å². The third-order valence-corrected chi connectivity index (χ3v) is 4.04. The lowest BCUT2D eigenvalue weighted by molar-refractivity contribution is -0.147. The molecule has 0 fully saturated rings. The van der Waals surface area contributed by atoms with Crippen LogP contribution in [0.2, 0.25) is 5.02 Å². The molecule has 0 unspecified atom stereocenters. The minimum absolute atomic E-state index is 0.222. The summed E-state index contributed by atoms with van der Waals surface area (Å²) in [7, 11) is 0. The number of alkyl halides is 1. The Balaban J connectivity index is 2.17. The van der Waals surface area contributed by atoms with E-state index in [1.54, 1.807) is 55.5 Å². The lowest BCUT2D eigenvalue weighted by atomic mass is 10.1. The van der Waals surface area contributed by atoms with Gasteiger partial charge in [0.05, 0.1) is 6.61 Å². The van der Waals surface area contributed by atoms with Crippen molar-refractivity contribution < 1.29 is 14.3 Å². The molecule has 0 saturated carbocycles. The first-order valence-corrected chi connectivity index (χ1v) is 8.26. The summed E-state index contributed by atoms with van der Waals surface area (Å²) < 4.78 is 5.05. The molecule has 0 heterocycles. The van der Waals surface area contributed by atoms with E-state index in [9.17, 15) is 9.59 Å². The van der Waals surface area contributed by atoms with Crippen molar-refractivity contribution in [1.82, 2.24) is 5.32 Å². The molecule has 2 aromatic rings. The number of benzene rings is 2. The minimum Gasteiger partial charge on any atom is -0.464 e. The number of amides is 1. The molecule has 2 aromatic carbocycles. The molecular formula is C18H17Cl2NO3. The number of hydrogen-bond acceptors (Lipinski definition) is 3. The molecule has 0 aliphatic heterocycles. The van der Waals surface area contributed by atoms with E-state index in [4.69, 9.17) is 27.9 Å². The van der Waals surface area contributed by atoms with Crippen LogP contribution in [0.3, 0.4) is 0 Å². The zero-order valence-corrected chi connectivity index (χ0v) is 14.6. The van der Waals surface area contributed by atoms with Gasteiger partial charge in [-0.3, -0.25) is 4.79 Å². The Morgan fingerprint density at radius 3 is 2.25 bits per heavy atom. The number of nitrogens with one attached hydrogen (secondary N) is 1. The maximum Gasteiger partial charge on any atom is 0.333 e. The van der Waals surface area contributed by atoms with Crippen LogP contribution in [-0.4, -0.2) is 18.5 Å². The molecular weight excluding hydrogens is 349 g/mol. The largest absolute Gasteiger partial charge is 0.464 e. The summed E-state index contributed by atoms with van der Waals surface area (Å²) in [6.45, 7) is 1.93. The highest BCUT2D eigenvalue weighted by molar-refractivity contribution is 6.31. The highest BCUT2D eigenvalue weighted by atomic mass is 35.5. The standard InChI is InChI=1S/C18H17Cl2NO3/c1-2-24-18(23)16(13-6-4-3-5-7-13)21-17(22)15(20)12-8-10-14(19)11-9-12/h3-11,15-16H,2H2,1H3,(H,21,22)/t15-,16+/m1/s1. The van der Waals surface area contributed by atoms with Gasteiger partial charge in [0, 0.05) is 5.02 Å². The van der Waals surface area contributed by atoms with Crippen molar-refractivity contribution in [2.75, 3.05) is 6.61 Å². The van der Waals surface area contributed by atoms with E-state index in [1.165, 1.54) is 0 Å². The Labute approximate surface area is 150 Å². The SMILES string of the molecule is CCOC(=O)[C@@H](NC(=O)[C@H](Cl)c1ccc(Cl)cc1)c1ccccc1. The summed E-state index contributed by atoms with van der Waals surface area (Å²) in [4.78, 5) is 24.6. The van der Waals surface area contributed by atoms with Crippen molar-refractivity contribution in [3.05, 3.63) is 70.7 Å². The summed E-state index contributed by atoms with van der Waals surface area (Å²) in [5, 5.41) is 2.26. The zero-order chi connectivity index (χ0) is 17.5. The van der Waals surface area contributed by atoms with Gasteiger partial charge in [-0.25, -0.2) is 4.79 Å². The number of hydrogen-bond donors (Lipinski definition) is 1. The number of rotatable bonds is 6. The fraction of sp³-hybridized carbons (Fsp3) is 0.222. The molecule has 6 heteroatoms. The van der Waals surface area contributed by atoms with Crippen molar-refractivity contribution in [2.24, 2.45) is 0 Å². The van der Waals surface area contributed by atoms with E-state index in [0.717, 1.165) is 0 Å². The quantitative estimate of drug-likeness (QED) is 0.620. The molecule has 2 rings (SSSR count). The van der Waals surface area contributed by atoms with E-state index in [0.29, 0.717) is 16.1 Å². The zero-order valence-electron chi connectivity index (χ0n) is 13.0. The molecule has 2 atom stereocenters. The molecule has 0 radical (unpaired) electrons. The number of carbonyl (C=O) groups excluding carboxylic acids is 2. The van der Waals surface area contributed by atoms with E-state index < -0.39 is 23.3 Å². The molecule has 24 heavy (non-hydrogen) atoms. The Kier molecular flexibility index (Phi) is 6.64. The van der Waals surface area contributed by atoms with Gasteiger partial charge in [0.25, 0.3) is 0 Å². The molecule has 1 N–H and O–H groups in total. The Morgan fingerprint density at radius 2 is 1.67 bits per heavy atom. The second kappa shape index (κ2) is 8.71. The molecule has 0 bridgehead atoms. The van der Waals surface area contributed by atoms with Gasteiger partial charge in [-0.1, -0.05) is 54.1 Å². The van der Waals surface area contributed by atoms with Crippen molar-refractivity contribution in [3.8, 4) is 0 Å². The number of halogens is 2. The van der Waals surface area contributed by atoms with Crippen molar-refractivity contribution >= 4 is 35.1 Å². The summed E-state index contributed by atoms with van der Waals surface area (Å²) in [5.41, 5.74) is 1.22.